The largest absolute Gasteiger partial charge is 0.454 e. The highest BCUT2D eigenvalue weighted by atomic mass is 35.6. The van der Waals surface area contributed by atoms with E-state index in [2.05, 4.69) is 4.42 Å². The summed E-state index contributed by atoms with van der Waals surface area (Å²) in [5, 5.41) is 9.28. The van der Waals surface area contributed by atoms with Crippen molar-refractivity contribution >= 4 is 34.8 Å². The molecule has 8 heteroatoms. The normalized spacial score (nSPS) is 15.4. The van der Waals surface area contributed by atoms with Crippen LogP contribution < -0.4 is 0 Å². The van der Waals surface area contributed by atoms with Gasteiger partial charge in [0.1, 0.15) is 5.76 Å². The van der Waals surface area contributed by atoms with E-state index < -0.39 is 27.6 Å². The Morgan fingerprint density at radius 3 is 2.07 bits per heavy atom. The first-order valence-electron chi connectivity index (χ1n) is 3.54. The first-order chi connectivity index (χ1) is 6.62. The molecule has 0 saturated carbocycles. The third kappa shape index (κ3) is 3.17. The Bertz CT molecular complexity index is 342. The van der Waals surface area contributed by atoms with Crippen LogP contribution in [0.2, 0.25) is 0 Å². The molecule has 1 rings (SSSR count). The van der Waals surface area contributed by atoms with Gasteiger partial charge in [0.25, 0.3) is 0 Å². The lowest BCUT2D eigenvalue weighted by molar-refractivity contribution is -0.154. The van der Waals surface area contributed by atoms with Crippen LogP contribution in [-0.2, 0) is 6.18 Å². The third-order valence-electron chi connectivity index (χ3n) is 1.49. The maximum atomic E-state index is 12.1. The van der Waals surface area contributed by atoms with Crippen LogP contribution in [0.15, 0.2) is 16.5 Å². The predicted molar refractivity (Wildman–Crippen MR) is 49.0 cm³/mol. The van der Waals surface area contributed by atoms with Gasteiger partial charge in [-0.2, -0.15) is 13.2 Å². The number of hydrogen-bond acceptors (Lipinski definition) is 2. The summed E-state index contributed by atoms with van der Waals surface area (Å²) in [6.45, 7) is 0. The average Bonchev–Trinajstić information content (AvgIpc) is 2.47. The van der Waals surface area contributed by atoms with Crippen molar-refractivity contribution < 1.29 is 22.7 Å². The number of halogens is 6. The molecule has 2 nitrogen and oxygen atoms in total. The maximum Gasteiger partial charge on any atom is 0.449 e. The summed E-state index contributed by atoms with van der Waals surface area (Å²) in [7, 11) is 0. The summed E-state index contributed by atoms with van der Waals surface area (Å²) >= 11 is 15.8. The Balaban J connectivity index is 2.95. The first kappa shape index (κ1) is 13.0. The number of rotatable bonds is 1. The van der Waals surface area contributed by atoms with Gasteiger partial charge in [-0.1, -0.05) is 34.8 Å². The number of hydrogen-bond donors (Lipinski definition) is 1. The van der Waals surface area contributed by atoms with Crippen LogP contribution in [0.25, 0.3) is 0 Å². The van der Waals surface area contributed by atoms with Crippen LogP contribution >= 0.6 is 34.8 Å². The molecule has 0 radical (unpaired) electrons. The maximum absolute atomic E-state index is 12.1. The van der Waals surface area contributed by atoms with Crippen molar-refractivity contribution in [2.24, 2.45) is 0 Å². The molecule has 1 unspecified atom stereocenters. The monoisotopic (exact) mass is 282 g/mol. The standard InChI is InChI=1S/C7H4Cl3F3O2/c8-6(9,10)5(14)3-1-2-4(15-3)7(11,12)13/h1-2,5,14H. The molecular weight excluding hydrogens is 279 g/mol. The van der Waals surface area contributed by atoms with Gasteiger partial charge in [0, 0.05) is 0 Å². The zero-order valence-electron chi connectivity index (χ0n) is 6.86. The Labute approximate surface area is 97.5 Å². The highest BCUT2D eigenvalue weighted by molar-refractivity contribution is 6.67. The molecule has 1 heterocycles. The van der Waals surface area contributed by atoms with Crippen molar-refractivity contribution in [1.29, 1.82) is 0 Å². The fourth-order valence-corrected chi connectivity index (χ4v) is 1.14. The van der Waals surface area contributed by atoms with Gasteiger partial charge in [0.2, 0.25) is 9.55 Å². The Kier molecular flexibility index (Phi) is 3.50. The number of aliphatic hydroxyl groups is 1. The van der Waals surface area contributed by atoms with Gasteiger partial charge >= 0.3 is 6.18 Å². The van der Waals surface area contributed by atoms with Crippen molar-refractivity contribution in [3.63, 3.8) is 0 Å². The van der Waals surface area contributed by atoms with Crippen molar-refractivity contribution in [3.05, 3.63) is 23.7 Å². The summed E-state index contributed by atoms with van der Waals surface area (Å²) in [4.78, 5) is 0. The molecule has 1 atom stereocenters. The summed E-state index contributed by atoms with van der Waals surface area (Å²) in [6.07, 6.45) is -6.38. The second kappa shape index (κ2) is 4.05. The number of furan rings is 1. The average molecular weight is 283 g/mol. The second-order valence-corrected chi connectivity index (χ2v) is 5.01. The van der Waals surface area contributed by atoms with E-state index in [0.29, 0.717) is 6.07 Å². The van der Waals surface area contributed by atoms with Crippen molar-refractivity contribution in [2.45, 2.75) is 16.1 Å². The molecule has 1 aromatic heterocycles. The lowest BCUT2D eigenvalue weighted by Crippen LogP contribution is -2.15. The second-order valence-electron chi connectivity index (χ2n) is 2.64. The topological polar surface area (TPSA) is 33.4 Å². The minimum Gasteiger partial charge on any atom is -0.454 e. The predicted octanol–water partition coefficient (Wildman–Crippen LogP) is 3.70. The van der Waals surface area contributed by atoms with Crippen LogP contribution in [0, 0.1) is 0 Å². The first-order valence-corrected chi connectivity index (χ1v) is 4.67. The summed E-state index contributed by atoms with van der Waals surface area (Å²) in [5.74, 6) is -1.71. The number of aliphatic hydroxyl groups excluding tert-OH is 1. The molecule has 0 saturated heterocycles. The molecule has 1 aromatic rings. The van der Waals surface area contributed by atoms with Gasteiger partial charge in [-0.15, -0.1) is 0 Å². The molecule has 15 heavy (non-hydrogen) atoms. The van der Waals surface area contributed by atoms with E-state index >= 15 is 0 Å². The van der Waals surface area contributed by atoms with Crippen LogP contribution in [0.5, 0.6) is 0 Å². The highest BCUT2D eigenvalue weighted by Crippen LogP contribution is 2.41. The lowest BCUT2D eigenvalue weighted by Gasteiger charge is -2.16. The van der Waals surface area contributed by atoms with Gasteiger partial charge < -0.3 is 9.52 Å². The van der Waals surface area contributed by atoms with Crippen molar-refractivity contribution in [2.75, 3.05) is 0 Å². The molecule has 0 spiro atoms. The van der Waals surface area contributed by atoms with Gasteiger partial charge in [-0.3, -0.25) is 0 Å². The van der Waals surface area contributed by atoms with Crippen LogP contribution in [-0.4, -0.2) is 8.90 Å². The third-order valence-corrected chi connectivity index (χ3v) is 2.11. The van der Waals surface area contributed by atoms with Crippen LogP contribution in [0.3, 0.4) is 0 Å². The van der Waals surface area contributed by atoms with E-state index in [0.717, 1.165) is 6.07 Å². The molecule has 86 valence electrons. The highest BCUT2D eigenvalue weighted by Gasteiger charge is 2.39. The summed E-state index contributed by atoms with van der Waals surface area (Å²) in [6, 6.07) is 1.55. The lowest BCUT2D eigenvalue weighted by atomic mass is 10.3. The number of alkyl halides is 6. The van der Waals surface area contributed by atoms with E-state index in [1.807, 2.05) is 0 Å². The molecule has 0 fully saturated rings. The summed E-state index contributed by atoms with van der Waals surface area (Å²) < 4.78 is 38.4. The van der Waals surface area contributed by atoms with Gasteiger partial charge in [-0.25, -0.2) is 0 Å². The minimum atomic E-state index is -4.63. The van der Waals surface area contributed by atoms with E-state index in [-0.39, 0.29) is 0 Å². The Hall–Kier alpha value is -0.100. The molecule has 1 N–H and O–H groups in total. The van der Waals surface area contributed by atoms with Crippen molar-refractivity contribution in [1.82, 2.24) is 0 Å². The van der Waals surface area contributed by atoms with E-state index in [4.69, 9.17) is 34.8 Å². The summed E-state index contributed by atoms with van der Waals surface area (Å²) in [5.41, 5.74) is 0. The molecular formula is C7H4Cl3F3O2. The van der Waals surface area contributed by atoms with Gasteiger partial charge in [-0.05, 0) is 12.1 Å². The van der Waals surface area contributed by atoms with Crippen LogP contribution in [0.4, 0.5) is 13.2 Å². The molecule has 0 aliphatic carbocycles. The zero-order chi connectivity index (χ0) is 11.9. The van der Waals surface area contributed by atoms with E-state index in [1.54, 1.807) is 0 Å². The smallest absolute Gasteiger partial charge is 0.449 e. The molecule has 0 aliphatic heterocycles. The van der Waals surface area contributed by atoms with E-state index in [1.165, 1.54) is 0 Å². The molecule has 0 amide bonds. The SMILES string of the molecule is OC(c1ccc(C(F)(F)F)o1)C(Cl)(Cl)Cl. The minimum absolute atomic E-state index is 0.456. The fraction of sp³-hybridized carbons (Fsp3) is 0.429. The quantitative estimate of drug-likeness (QED) is 0.797. The van der Waals surface area contributed by atoms with Crippen LogP contribution in [0.1, 0.15) is 17.6 Å². The molecule has 0 bridgehead atoms. The Morgan fingerprint density at radius 2 is 1.73 bits per heavy atom. The van der Waals surface area contributed by atoms with Gasteiger partial charge in [0.05, 0.1) is 0 Å². The zero-order valence-corrected chi connectivity index (χ0v) is 9.12. The van der Waals surface area contributed by atoms with Gasteiger partial charge in [0.15, 0.2) is 6.10 Å². The Morgan fingerprint density at radius 1 is 1.20 bits per heavy atom. The fourth-order valence-electron chi connectivity index (χ4n) is 0.813. The van der Waals surface area contributed by atoms with E-state index in [9.17, 15) is 18.3 Å². The molecule has 0 aliphatic rings. The molecule has 0 aromatic carbocycles. The van der Waals surface area contributed by atoms with Crippen molar-refractivity contribution in [3.8, 4) is 0 Å².